The summed E-state index contributed by atoms with van der Waals surface area (Å²) in [6.07, 6.45) is 4.21. The van der Waals surface area contributed by atoms with Crippen molar-refractivity contribution < 1.29 is 4.79 Å². The van der Waals surface area contributed by atoms with E-state index in [-0.39, 0.29) is 5.78 Å². The van der Waals surface area contributed by atoms with E-state index in [1.807, 2.05) is 6.08 Å². The predicted octanol–water partition coefficient (Wildman–Crippen LogP) is 5.28. The second-order valence-electron chi connectivity index (χ2n) is 6.13. The first-order valence-electron chi connectivity index (χ1n) is 7.89. The highest BCUT2D eigenvalue weighted by molar-refractivity contribution is 6.27. The van der Waals surface area contributed by atoms with E-state index in [9.17, 15) is 4.79 Å². The largest absolute Gasteiger partial charge is 0.294 e. The van der Waals surface area contributed by atoms with Gasteiger partial charge in [-0.05, 0) is 49.5 Å². The van der Waals surface area contributed by atoms with E-state index < -0.39 is 0 Å². The molecular weight excluding hydrogens is 280 g/mol. The van der Waals surface area contributed by atoms with Crippen LogP contribution in [0, 0.1) is 0 Å². The third-order valence-electron chi connectivity index (χ3n) is 4.84. The minimum Gasteiger partial charge on any atom is -0.294 e. The average Bonchev–Trinajstić information content (AvgIpc) is 2.61. The van der Waals surface area contributed by atoms with Gasteiger partial charge in [0.2, 0.25) is 0 Å². The maximum absolute atomic E-state index is 11.8. The Morgan fingerprint density at radius 1 is 0.609 bits per heavy atom. The molecule has 5 rings (SSSR count). The molecule has 0 fully saturated rings. The molecule has 0 radical (unpaired) electrons. The Kier molecular flexibility index (Phi) is 2.48. The number of ketones is 1. The number of benzene rings is 4. The van der Waals surface area contributed by atoms with Gasteiger partial charge in [0, 0.05) is 6.42 Å². The maximum atomic E-state index is 11.8. The fourth-order valence-electron chi connectivity index (χ4n) is 3.83. The van der Waals surface area contributed by atoms with Crippen molar-refractivity contribution in [2.24, 2.45) is 0 Å². The fourth-order valence-corrected chi connectivity index (χ4v) is 3.83. The van der Waals surface area contributed by atoms with Crippen LogP contribution in [-0.2, 0) is 11.2 Å². The number of carbonyl (C=O) groups excluding carboxylic acids is 1. The highest BCUT2D eigenvalue weighted by Crippen LogP contribution is 2.38. The molecule has 1 aliphatic carbocycles. The van der Waals surface area contributed by atoms with Gasteiger partial charge in [0.25, 0.3) is 0 Å². The summed E-state index contributed by atoms with van der Waals surface area (Å²) >= 11 is 0. The molecule has 0 spiro atoms. The Morgan fingerprint density at radius 3 is 1.87 bits per heavy atom. The summed E-state index contributed by atoms with van der Waals surface area (Å²) in [4.78, 5) is 11.8. The summed E-state index contributed by atoms with van der Waals surface area (Å²) in [6, 6.07) is 21.4. The lowest BCUT2D eigenvalue weighted by Gasteiger charge is -2.17. The molecular formula is C22H14O. The van der Waals surface area contributed by atoms with Crippen LogP contribution >= 0.6 is 0 Å². The molecule has 0 aliphatic heterocycles. The Bertz CT molecular complexity index is 1110. The van der Waals surface area contributed by atoms with Gasteiger partial charge in [0.05, 0.1) is 0 Å². The van der Waals surface area contributed by atoms with Crippen LogP contribution in [0.2, 0.25) is 0 Å². The van der Waals surface area contributed by atoms with Gasteiger partial charge in [-0.3, -0.25) is 4.79 Å². The van der Waals surface area contributed by atoms with Crippen LogP contribution < -0.4 is 0 Å². The summed E-state index contributed by atoms with van der Waals surface area (Å²) in [5.74, 6) is 0.182. The molecule has 0 atom stereocenters. The topological polar surface area (TPSA) is 17.1 Å². The zero-order chi connectivity index (χ0) is 15.4. The molecule has 0 N–H and O–H groups in total. The Hall–Kier alpha value is -2.93. The van der Waals surface area contributed by atoms with Crippen LogP contribution in [0.5, 0.6) is 0 Å². The molecule has 0 heterocycles. The van der Waals surface area contributed by atoms with Gasteiger partial charge in [0.15, 0.2) is 5.78 Å². The number of hydrogen-bond acceptors (Lipinski definition) is 1. The first kappa shape index (κ1) is 12.6. The molecule has 0 aromatic heterocycles. The number of rotatable bonds is 0. The van der Waals surface area contributed by atoms with Gasteiger partial charge in [-0.25, -0.2) is 0 Å². The standard InChI is InChI=1S/C22H14O/c23-15-10-12-16-14(13-15)9-11-21-19-7-2-1-5-17(19)18-6-3-4-8-20(18)22(16)21/h1-12H,13H2. The molecule has 0 bridgehead atoms. The second-order valence-corrected chi connectivity index (χ2v) is 6.13. The summed E-state index contributed by atoms with van der Waals surface area (Å²) in [5, 5.41) is 7.62. The number of allylic oxidation sites excluding steroid dienone is 1. The maximum Gasteiger partial charge on any atom is 0.160 e. The Morgan fingerprint density at radius 2 is 1.17 bits per heavy atom. The lowest BCUT2D eigenvalue weighted by atomic mass is 9.86. The van der Waals surface area contributed by atoms with Crippen molar-refractivity contribution in [2.45, 2.75) is 6.42 Å². The molecule has 0 saturated carbocycles. The first-order chi connectivity index (χ1) is 11.3. The summed E-state index contributed by atoms with van der Waals surface area (Å²) in [5.41, 5.74) is 2.33. The van der Waals surface area contributed by atoms with Crippen molar-refractivity contribution in [3.05, 3.63) is 77.9 Å². The third kappa shape index (κ3) is 1.71. The molecule has 4 aromatic rings. The second kappa shape index (κ2) is 4.53. The van der Waals surface area contributed by atoms with Crippen LogP contribution in [0.3, 0.4) is 0 Å². The molecule has 1 aliphatic rings. The van der Waals surface area contributed by atoms with Crippen molar-refractivity contribution in [2.75, 3.05) is 0 Å². The number of carbonyl (C=O) groups is 1. The van der Waals surface area contributed by atoms with Crippen LogP contribution in [0.25, 0.3) is 38.4 Å². The highest BCUT2D eigenvalue weighted by atomic mass is 16.1. The number of fused-ring (bicyclic) bond motifs is 8. The van der Waals surface area contributed by atoms with E-state index in [1.165, 1.54) is 37.9 Å². The van der Waals surface area contributed by atoms with E-state index in [0.717, 1.165) is 5.56 Å². The molecule has 0 amide bonds. The van der Waals surface area contributed by atoms with Crippen molar-refractivity contribution in [3.63, 3.8) is 0 Å². The van der Waals surface area contributed by atoms with Crippen LogP contribution in [0.15, 0.2) is 66.7 Å². The quantitative estimate of drug-likeness (QED) is 0.403. The van der Waals surface area contributed by atoms with Gasteiger partial charge in [-0.1, -0.05) is 66.7 Å². The summed E-state index contributed by atoms with van der Waals surface area (Å²) in [7, 11) is 0. The van der Waals surface area contributed by atoms with Gasteiger partial charge >= 0.3 is 0 Å². The SMILES string of the molecule is O=C1C=Cc2c(ccc3c4ccccc4c4ccccc4c23)C1. The summed E-state index contributed by atoms with van der Waals surface area (Å²) in [6.45, 7) is 0. The monoisotopic (exact) mass is 294 g/mol. The van der Waals surface area contributed by atoms with E-state index in [1.54, 1.807) is 6.08 Å². The molecule has 23 heavy (non-hydrogen) atoms. The predicted molar refractivity (Wildman–Crippen MR) is 96.7 cm³/mol. The molecule has 4 aromatic carbocycles. The molecule has 0 saturated heterocycles. The van der Waals surface area contributed by atoms with Crippen molar-refractivity contribution in [1.29, 1.82) is 0 Å². The molecule has 0 unspecified atom stereocenters. The third-order valence-corrected chi connectivity index (χ3v) is 4.84. The van der Waals surface area contributed by atoms with E-state index in [4.69, 9.17) is 0 Å². The van der Waals surface area contributed by atoms with E-state index in [2.05, 4.69) is 60.7 Å². The van der Waals surface area contributed by atoms with Crippen LogP contribution in [-0.4, -0.2) is 5.78 Å². The Labute approximate surface area is 133 Å². The smallest absolute Gasteiger partial charge is 0.160 e. The zero-order valence-corrected chi connectivity index (χ0v) is 12.5. The summed E-state index contributed by atoms with van der Waals surface area (Å²) < 4.78 is 0. The van der Waals surface area contributed by atoms with Crippen molar-refractivity contribution in [3.8, 4) is 0 Å². The molecule has 108 valence electrons. The molecule has 1 nitrogen and oxygen atoms in total. The minimum atomic E-state index is 0.182. The normalized spacial score (nSPS) is 13.8. The lowest BCUT2D eigenvalue weighted by Crippen LogP contribution is -2.05. The van der Waals surface area contributed by atoms with Crippen LogP contribution in [0.1, 0.15) is 11.1 Å². The first-order valence-corrected chi connectivity index (χ1v) is 7.89. The lowest BCUT2D eigenvalue weighted by molar-refractivity contribution is -0.114. The average molecular weight is 294 g/mol. The van der Waals surface area contributed by atoms with Crippen molar-refractivity contribution in [1.82, 2.24) is 0 Å². The zero-order valence-electron chi connectivity index (χ0n) is 12.5. The highest BCUT2D eigenvalue weighted by Gasteiger charge is 2.16. The van der Waals surface area contributed by atoms with E-state index in [0.29, 0.717) is 6.42 Å². The minimum absolute atomic E-state index is 0.182. The van der Waals surface area contributed by atoms with Crippen molar-refractivity contribution >= 4 is 44.2 Å². The van der Waals surface area contributed by atoms with Crippen LogP contribution in [0.4, 0.5) is 0 Å². The van der Waals surface area contributed by atoms with E-state index >= 15 is 0 Å². The Balaban J connectivity index is 2.11. The fraction of sp³-hybridized carbons (Fsp3) is 0.0455. The van der Waals surface area contributed by atoms with Gasteiger partial charge in [-0.2, -0.15) is 0 Å². The number of hydrogen-bond donors (Lipinski definition) is 0. The van der Waals surface area contributed by atoms with Gasteiger partial charge in [-0.15, -0.1) is 0 Å². The van der Waals surface area contributed by atoms with Gasteiger partial charge in [0.1, 0.15) is 0 Å². The molecule has 1 heteroatoms. The van der Waals surface area contributed by atoms with Gasteiger partial charge < -0.3 is 0 Å².